The Hall–Kier alpha value is -3.11. The molecule has 2 aromatic rings. The van der Waals surface area contributed by atoms with Gasteiger partial charge < -0.3 is 15.5 Å². The number of benzene rings is 2. The molecule has 0 aliphatic carbocycles. The number of nitrogens with zero attached hydrogens (tertiary/aromatic N) is 3. The average Bonchev–Trinajstić information content (AvgIpc) is 2.81. The Morgan fingerprint density at radius 2 is 1.39 bits per heavy atom. The molecule has 2 fully saturated rings. The van der Waals surface area contributed by atoms with Crippen molar-refractivity contribution in [1.29, 1.82) is 0 Å². The molecule has 2 saturated heterocycles. The lowest BCUT2D eigenvalue weighted by molar-refractivity contribution is -0.385. The van der Waals surface area contributed by atoms with Crippen LogP contribution in [0.1, 0.15) is 33.1 Å². The number of piperidine rings is 1. The van der Waals surface area contributed by atoms with Crippen LogP contribution in [-0.2, 0) is 0 Å². The molecule has 2 aromatic carbocycles. The number of hydrogen-bond donors (Lipinski definition) is 2. The van der Waals surface area contributed by atoms with Crippen LogP contribution in [0, 0.1) is 26.0 Å². The predicted molar refractivity (Wildman–Crippen MR) is 127 cm³/mol. The third kappa shape index (κ3) is 9.50. The van der Waals surface area contributed by atoms with Crippen molar-refractivity contribution in [3.05, 3.63) is 74.6 Å². The summed E-state index contributed by atoms with van der Waals surface area (Å²) in [5.74, 6) is -0.467. The van der Waals surface area contributed by atoms with Crippen LogP contribution in [0.5, 0.6) is 0 Å². The first-order valence-corrected chi connectivity index (χ1v) is 11.1. The zero-order chi connectivity index (χ0) is 24.2. The molecule has 0 unspecified atom stereocenters. The van der Waals surface area contributed by atoms with Gasteiger partial charge in [0, 0.05) is 61.7 Å². The van der Waals surface area contributed by atoms with E-state index >= 15 is 0 Å². The monoisotopic (exact) mass is 461 g/mol. The summed E-state index contributed by atoms with van der Waals surface area (Å²) in [7, 11) is 0. The molecule has 4 rings (SSSR count). The summed E-state index contributed by atoms with van der Waals surface area (Å²) >= 11 is 0. The van der Waals surface area contributed by atoms with Gasteiger partial charge >= 0.3 is 0 Å². The highest BCUT2D eigenvalue weighted by atomic mass is 19.1. The van der Waals surface area contributed by atoms with E-state index < -0.39 is 10.7 Å². The number of piperazine rings is 1. The normalized spacial score (nSPS) is 19.9. The SMILES string of the molecule is C[C@@H]1CCCCN1.C[C@@H]1CN(c2ccc([N+](=O)[O-])cc2)CCN1.O=[N+]([O-])c1ccc(F)cc1. The number of halogens is 1. The minimum absolute atomic E-state index is 0.0959. The van der Waals surface area contributed by atoms with E-state index in [1.54, 1.807) is 12.1 Å². The van der Waals surface area contributed by atoms with Crippen LogP contribution >= 0.6 is 0 Å². The largest absolute Gasteiger partial charge is 0.369 e. The third-order valence-electron chi connectivity index (χ3n) is 5.39. The number of nitrogens with one attached hydrogen (secondary N) is 2. The second kappa shape index (κ2) is 13.4. The zero-order valence-electron chi connectivity index (χ0n) is 19.1. The lowest BCUT2D eigenvalue weighted by atomic mass is 10.1. The summed E-state index contributed by atoms with van der Waals surface area (Å²) in [5, 5.41) is 27.3. The average molecular weight is 462 g/mol. The molecule has 180 valence electrons. The molecule has 2 aliphatic heterocycles. The molecule has 0 spiro atoms. The van der Waals surface area contributed by atoms with Gasteiger partial charge in [-0.15, -0.1) is 0 Å². The Balaban J connectivity index is 0.000000193. The molecule has 0 amide bonds. The Morgan fingerprint density at radius 1 is 0.848 bits per heavy atom. The van der Waals surface area contributed by atoms with Gasteiger partial charge in [0.15, 0.2) is 0 Å². The minimum Gasteiger partial charge on any atom is -0.369 e. The van der Waals surface area contributed by atoms with E-state index in [4.69, 9.17) is 0 Å². The number of hydrogen-bond acceptors (Lipinski definition) is 7. The molecule has 9 nitrogen and oxygen atoms in total. The first-order valence-electron chi connectivity index (χ1n) is 11.1. The fourth-order valence-corrected chi connectivity index (χ4v) is 3.54. The maximum Gasteiger partial charge on any atom is 0.269 e. The van der Waals surface area contributed by atoms with Crippen LogP contribution in [0.4, 0.5) is 21.5 Å². The summed E-state index contributed by atoms with van der Waals surface area (Å²) in [4.78, 5) is 21.8. The molecule has 0 bridgehead atoms. The Morgan fingerprint density at radius 3 is 1.82 bits per heavy atom. The molecule has 0 saturated carbocycles. The lowest BCUT2D eigenvalue weighted by Crippen LogP contribution is -2.49. The maximum atomic E-state index is 12.1. The lowest BCUT2D eigenvalue weighted by Gasteiger charge is -2.33. The molecule has 2 aliphatic rings. The van der Waals surface area contributed by atoms with Gasteiger partial charge in [0.1, 0.15) is 5.82 Å². The number of rotatable bonds is 3. The van der Waals surface area contributed by atoms with Crippen LogP contribution in [0.3, 0.4) is 0 Å². The Kier molecular flexibility index (Phi) is 10.6. The van der Waals surface area contributed by atoms with Crippen LogP contribution in [-0.4, -0.2) is 48.1 Å². The fourth-order valence-electron chi connectivity index (χ4n) is 3.54. The van der Waals surface area contributed by atoms with E-state index in [2.05, 4.69) is 29.4 Å². The summed E-state index contributed by atoms with van der Waals surface area (Å²) in [5.41, 5.74) is 1.10. The zero-order valence-corrected chi connectivity index (χ0v) is 19.1. The van der Waals surface area contributed by atoms with Crippen molar-refractivity contribution < 1.29 is 14.2 Å². The van der Waals surface area contributed by atoms with Crippen molar-refractivity contribution in [1.82, 2.24) is 10.6 Å². The number of nitro groups is 2. The Labute approximate surface area is 193 Å². The summed E-state index contributed by atoms with van der Waals surface area (Å²) < 4.78 is 12.1. The van der Waals surface area contributed by atoms with Gasteiger partial charge in [-0.2, -0.15) is 0 Å². The fraction of sp³-hybridized carbons (Fsp3) is 0.478. The molecular weight excluding hydrogens is 429 g/mol. The second-order valence-electron chi connectivity index (χ2n) is 8.16. The van der Waals surface area contributed by atoms with Crippen LogP contribution in [0.2, 0.25) is 0 Å². The quantitative estimate of drug-likeness (QED) is 0.518. The molecule has 10 heteroatoms. The predicted octanol–water partition coefficient (Wildman–Crippen LogP) is 4.28. The topological polar surface area (TPSA) is 114 Å². The van der Waals surface area contributed by atoms with E-state index in [0.717, 1.165) is 55.6 Å². The van der Waals surface area contributed by atoms with Gasteiger partial charge in [-0.05, 0) is 57.5 Å². The van der Waals surface area contributed by atoms with Gasteiger partial charge in [-0.25, -0.2) is 4.39 Å². The molecule has 2 N–H and O–H groups in total. The summed E-state index contributed by atoms with van der Waals surface area (Å²) in [6.07, 6.45) is 4.18. The molecular formula is C23H32FN5O4. The van der Waals surface area contributed by atoms with E-state index in [9.17, 15) is 24.6 Å². The van der Waals surface area contributed by atoms with E-state index in [1.807, 2.05) is 12.1 Å². The Bertz CT molecular complexity index is 873. The van der Waals surface area contributed by atoms with E-state index in [0.29, 0.717) is 6.04 Å². The first kappa shape index (κ1) is 26.1. The molecule has 0 aromatic heterocycles. The standard InChI is InChI=1S/C11H15N3O2.C6H4FNO2.C6H13N/c1-9-8-13(7-6-12-9)10-2-4-11(5-3-10)14(15)16;7-5-1-3-6(4-2-5)8(9)10;1-6-4-2-3-5-7-6/h2-5,9,12H,6-8H2,1H3;1-4H;6-7H,2-5H2,1H3/t9-;;6-/m1.1/s1. The number of nitro benzene ring substituents is 2. The minimum atomic E-state index is -0.570. The second-order valence-corrected chi connectivity index (χ2v) is 8.16. The van der Waals surface area contributed by atoms with Crippen molar-refractivity contribution in [3.63, 3.8) is 0 Å². The van der Waals surface area contributed by atoms with Gasteiger partial charge in [0.2, 0.25) is 0 Å². The van der Waals surface area contributed by atoms with Gasteiger partial charge in [-0.1, -0.05) is 6.42 Å². The smallest absolute Gasteiger partial charge is 0.269 e. The highest BCUT2D eigenvalue weighted by Gasteiger charge is 2.16. The molecule has 0 radical (unpaired) electrons. The van der Waals surface area contributed by atoms with E-state index in [-0.39, 0.29) is 16.3 Å². The maximum absolute atomic E-state index is 12.1. The van der Waals surface area contributed by atoms with Crippen LogP contribution < -0.4 is 15.5 Å². The van der Waals surface area contributed by atoms with E-state index in [1.165, 1.54) is 25.8 Å². The summed E-state index contributed by atoms with van der Waals surface area (Å²) in [6, 6.07) is 12.3. The van der Waals surface area contributed by atoms with Gasteiger partial charge in [0.25, 0.3) is 11.4 Å². The van der Waals surface area contributed by atoms with Crippen LogP contribution in [0.15, 0.2) is 48.5 Å². The molecule has 2 heterocycles. The molecule has 2 atom stereocenters. The van der Waals surface area contributed by atoms with Crippen molar-refractivity contribution >= 4 is 17.1 Å². The van der Waals surface area contributed by atoms with Crippen molar-refractivity contribution in [2.45, 2.75) is 45.2 Å². The number of anilines is 1. The summed E-state index contributed by atoms with van der Waals surface area (Å²) in [6.45, 7) is 8.47. The highest BCUT2D eigenvalue weighted by molar-refractivity contribution is 5.51. The van der Waals surface area contributed by atoms with Crippen molar-refractivity contribution in [2.24, 2.45) is 0 Å². The number of non-ortho nitro benzene ring substituents is 2. The van der Waals surface area contributed by atoms with Gasteiger partial charge in [-0.3, -0.25) is 20.2 Å². The first-order chi connectivity index (χ1) is 15.8. The van der Waals surface area contributed by atoms with Crippen molar-refractivity contribution in [2.75, 3.05) is 31.1 Å². The van der Waals surface area contributed by atoms with Gasteiger partial charge in [0.05, 0.1) is 9.85 Å². The third-order valence-corrected chi connectivity index (χ3v) is 5.39. The molecule has 33 heavy (non-hydrogen) atoms. The van der Waals surface area contributed by atoms with Crippen LogP contribution in [0.25, 0.3) is 0 Å². The highest BCUT2D eigenvalue weighted by Crippen LogP contribution is 2.20. The van der Waals surface area contributed by atoms with Crippen molar-refractivity contribution in [3.8, 4) is 0 Å².